The van der Waals surface area contributed by atoms with Gasteiger partial charge in [-0.3, -0.25) is 19.2 Å². The number of Topliss-reactive ketones (excluding diaryl/α,β-unsaturated/α-hetero) is 2. The predicted octanol–water partition coefficient (Wildman–Crippen LogP) is 3.61. The molecule has 0 heterocycles. The maximum absolute atomic E-state index is 13.6. The monoisotopic (exact) mass is 432 g/mol. The fraction of sp³-hybridized carbons (Fsp3) is 0.667. The van der Waals surface area contributed by atoms with Crippen molar-refractivity contribution in [3.8, 4) is 0 Å². The van der Waals surface area contributed by atoms with E-state index in [0.717, 1.165) is 19.3 Å². The maximum atomic E-state index is 13.6. The van der Waals surface area contributed by atoms with Gasteiger partial charge in [-0.25, -0.2) is 0 Å². The van der Waals surface area contributed by atoms with Crippen LogP contribution in [0.3, 0.4) is 0 Å². The van der Waals surface area contributed by atoms with Crippen molar-refractivity contribution in [2.45, 2.75) is 73.3 Å². The Hall–Kier alpha value is -2.44. The van der Waals surface area contributed by atoms with Gasteiger partial charge in [0.25, 0.3) is 0 Å². The number of carbonyl (C=O) groups is 4. The smallest absolute Gasteiger partial charge is 0.303 e. The first-order chi connectivity index (χ1) is 14.3. The molecule has 3 rings (SSSR count). The highest BCUT2D eigenvalue weighted by atomic mass is 16.5. The molecule has 1 saturated carbocycles. The summed E-state index contributed by atoms with van der Waals surface area (Å²) in [6.07, 6.45) is 2.20. The van der Waals surface area contributed by atoms with Crippen LogP contribution in [0.25, 0.3) is 0 Å². The fourth-order valence-electron chi connectivity index (χ4n) is 6.03. The number of aliphatic hydroxyl groups excluding tert-OH is 1. The summed E-state index contributed by atoms with van der Waals surface area (Å²) in [6.45, 7) is 10.3. The normalized spacial score (nSPS) is 31.0. The van der Waals surface area contributed by atoms with E-state index >= 15 is 0 Å². The number of rotatable bonds is 4. The van der Waals surface area contributed by atoms with Crippen molar-refractivity contribution in [3.05, 3.63) is 22.5 Å². The van der Waals surface area contributed by atoms with Crippen molar-refractivity contribution < 1.29 is 33.8 Å². The second-order valence-electron chi connectivity index (χ2n) is 10.1. The topological polar surface area (TPSA) is 107 Å². The van der Waals surface area contributed by atoms with E-state index in [1.807, 2.05) is 6.92 Å². The molecule has 1 fully saturated rings. The summed E-state index contributed by atoms with van der Waals surface area (Å²) in [4.78, 5) is 50.2. The number of ketones is 2. The molecule has 0 radical (unpaired) electrons. The van der Waals surface area contributed by atoms with E-state index in [0.29, 0.717) is 6.42 Å². The Morgan fingerprint density at radius 3 is 2.32 bits per heavy atom. The van der Waals surface area contributed by atoms with Crippen LogP contribution in [0.4, 0.5) is 0 Å². The van der Waals surface area contributed by atoms with Crippen molar-refractivity contribution in [3.63, 3.8) is 0 Å². The summed E-state index contributed by atoms with van der Waals surface area (Å²) in [5, 5.41) is 10.8. The van der Waals surface area contributed by atoms with E-state index < -0.39 is 46.7 Å². The van der Waals surface area contributed by atoms with Gasteiger partial charge in [0.15, 0.2) is 11.5 Å². The number of aliphatic hydroxyl groups is 1. The third-order valence-corrected chi connectivity index (χ3v) is 7.37. The molecule has 0 bridgehead atoms. The second kappa shape index (κ2) is 7.92. The Balaban J connectivity index is 2.14. The first kappa shape index (κ1) is 23.2. The first-order valence-corrected chi connectivity index (χ1v) is 10.9. The number of ether oxygens (including phenoxy) is 2. The van der Waals surface area contributed by atoms with Gasteiger partial charge in [0.05, 0.1) is 12.2 Å². The first-order valence-electron chi connectivity index (χ1n) is 10.9. The van der Waals surface area contributed by atoms with Crippen molar-refractivity contribution in [2.75, 3.05) is 6.61 Å². The molecule has 0 aromatic rings. The van der Waals surface area contributed by atoms with Crippen LogP contribution in [0, 0.1) is 22.7 Å². The Bertz CT molecular complexity index is 907. The molecule has 7 nitrogen and oxygen atoms in total. The molecule has 0 aromatic carbocycles. The van der Waals surface area contributed by atoms with Crippen LogP contribution >= 0.6 is 0 Å². The van der Waals surface area contributed by atoms with Gasteiger partial charge < -0.3 is 14.6 Å². The number of allylic oxidation sites excluding steroid dienone is 1. The lowest BCUT2D eigenvalue weighted by Crippen LogP contribution is -2.53. The lowest BCUT2D eigenvalue weighted by Gasteiger charge is -2.56. The zero-order chi connectivity index (χ0) is 23.3. The van der Waals surface area contributed by atoms with Crippen LogP contribution in [0.5, 0.6) is 0 Å². The third-order valence-electron chi connectivity index (χ3n) is 7.37. The molecule has 3 aliphatic carbocycles. The number of esters is 2. The molecule has 0 amide bonds. The largest absolute Gasteiger partial charge is 0.504 e. The fourth-order valence-corrected chi connectivity index (χ4v) is 6.03. The van der Waals surface area contributed by atoms with Gasteiger partial charge in [-0.05, 0) is 30.6 Å². The van der Waals surface area contributed by atoms with Crippen LogP contribution in [-0.2, 0) is 28.7 Å². The summed E-state index contributed by atoms with van der Waals surface area (Å²) in [5.41, 5.74) is -0.332. The minimum Gasteiger partial charge on any atom is -0.504 e. The molecule has 0 aliphatic heterocycles. The minimum atomic E-state index is -0.844. The molecule has 1 N–H and O–H groups in total. The molecule has 170 valence electrons. The van der Waals surface area contributed by atoms with Gasteiger partial charge in [-0.15, -0.1) is 0 Å². The van der Waals surface area contributed by atoms with Crippen LogP contribution in [-0.4, -0.2) is 41.3 Å². The van der Waals surface area contributed by atoms with Crippen LogP contribution in [0.1, 0.15) is 67.2 Å². The molecule has 3 aliphatic rings. The molecule has 0 aromatic heterocycles. The molecule has 0 saturated heterocycles. The molecular weight excluding hydrogens is 400 g/mol. The van der Waals surface area contributed by atoms with Crippen LogP contribution in [0.2, 0.25) is 0 Å². The second-order valence-corrected chi connectivity index (χ2v) is 10.1. The molecule has 4 atom stereocenters. The van der Waals surface area contributed by atoms with Crippen molar-refractivity contribution >= 4 is 23.5 Å². The average Bonchev–Trinajstić information content (AvgIpc) is 2.64. The predicted molar refractivity (Wildman–Crippen MR) is 112 cm³/mol. The number of hydrogen-bond donors (Lipinski definition) is 1. The quantitative estimate of drug-likeness (QED) is 0.534. The number of fused-ring (bicyclic) bond motifs is 2. The van der Waals surface area contributed by atoms with Gasteiger partial charge in [0.1, 0.15) is 6.10 Å². The zero-order valence-electron chi connectivity index (χ0n) is 19.2. The van der Waals surface area contributed by atoms with Crippen molar-refractivity contribution in [1.29, 1.82) is 0 Å². The molecule has 0 spiro atoms. The number of carbonyl (C=O) groups excluding carboxylic acids is 4. The SMILES string of the molecule is CC(=O)OCC(C)C1=C(O)C(=O)C2=C(C1=O)C(OC(C)=O)C[C@H]1C(C)(C)CCC[C@]21C. The van der Waals surface area contributed by atoms with E-state index in [1.165, 1.54) is 13.8 Å². The van der Waals surface area contributed by atoms with Crippen molar-refractivity contribution in [2.24, 2.45) is 22.7 Å². The van der Waals surface area contributed by atoms with E-state index in [2.05, 4.69) is 13.8 Å². The molecule has 7 heteroatoms. The Morgan fingerprint density at radius 1 is 1.10 bits per heavy atom. The average molecular weight is 433 g/mol. The summed E-state index contributed by atoms with van der Waals surface area (Å²) < 4.78 is 10.6. The van der Waals surface area contributed by atoms with E-state index in [9.17, 15) is 24.3 Å². The van der Waals surface area contributed by atoms with E-state index in [-0.39, 0.29) is 34.7 Å². The summed E-state index contributed by atoms with van der Waals surface area (Å²) >= 11 is 0. The number of hydrogen-bond acceptors (Lipinski definition) is 7. The van der Waals surface area contributed by atoms with Crippen molar-refractivity contribution in [1.82, 2.24) is 0 Å². The van der Waals surface area contributed by atoms with Gasteiger partial charge in [0.2, 0.25) is 5.78 Å². The molecule has 31 heavy (non-hydrogen) atoms. The summed E-state index contributed by atoms with van der Waals surface area (Å²) in [5.74, 6) is -3.38. The van der Waals surface area contributed by atoms with Gasteiger partial charge in [-0.1, -0.05) is 34.1 Å². The van der Waals surface area contributed by atoms with Gasteiger partial charge >= 0.3 is 11.9 Å². The van der Waals surface area contributed by atoms with Crippen LogP contribution < -0.4 is 0 Å². The molecule has 2 unspecified atom stereocenters. The Morgan fingerprint density at radius 2 is 1.74 bits per heavy atom. The van der Waals surface area contributed by atoms with E-state index in [1.54, 1.807) is 6.92 Å². The summed E-state index contributed by atoms with van der Waals surface area (Å²) in [6, 6.07) is 0. The lowest BCUT2D eigenvalue weighted by atomic mass is 9.48. The summed E-state index contributed by atoms with van der Waals surface area (Å²) in [7, 11) is 0. The third kappa shape index (κ3) is 3.83. The lowest BCUT2D eigenvalue weighted by molar-refractivity contribution is -0.150. The molecular formula is C24H32O7. The highest BCUT2D eigenvalue weighted by molar-refractivity contribution is 6.25. The highest BCUT2D eigenvalue weighted by Crippen LogP contribution is 2.61. The van der Waals surface area contributed by atoms with Crippen LogP contribution in [0.15, 0.2) is 22.5 Å². The standard InChI is InChI=1S/C24H32O7/c1-12(11-30-13(2)25)17-20(27)18-15(31-14(3)26)10-16-23(4,5)8-7-9-24(16,6)19(18)22(29)21(17)28/h12,15-16,28H,7-11H2,1-6H3/t12?,15?,16-,24-/m0/s1. The Labute approximate surface area is 182 Å². The Kier molecular flexibility index (Phi) is 5.93. The van der Waals surface area contributed by atoms with E-state index in [4.69, 9.17) is 9.47 Å². The highest BCUT2D eigenvalue weighted by Gasteiger charge is 2.58. The minimum absolute atomic E-state index is 0.0152. The zero-order valence-corrected chi connectivity index (χ0v) is 19.2. The van der Waals surface area contributed by atoms with Gasteiger partial charge in [0, 0.05) is 36.3 Å². The maximum Gasteiger partial charge on any atom is 0.303 e. The van der Waals surface area contributed by atoms with Gasteiger partial charge in [-0.2, -0.15) is 0 Å².